The third-order valence-corrected chi connectivity index (χ3v) is 5.47. The van der Waals surface area contributed by atoms with Gasteiger partial charge in [0.1, 0.15) is 6.17 Å². The highest BCUT2D eigenvalue weighted by Crippen LogP contribution is 2.49. The molecule has 0 saturated carbocycles. The second-order valence-electron chi connectivity index (χ2n) is 7.28. The normalized spacial score (nSPS) is 17.0. The number of nitrogens with zero attached hydrogens (tertiary/aromatic N) is 1. The summed E-state index contributed by atoms with van der Waals surface area (Å²) in [5, 5.41) is 3.43. The summed E-state index contributed by atoms with van der Waals surface area (Å²) in [5.74, 6) is 0.743. The fraction of sp³-hybridized carbons (Fsp3) is 0.364. The molecule has 2 aliphatic rings. The Hall–Kier alpha value is -3.46. The van der Waals surface area contributed by atoms with Crippen molar-refractivity contribution in [3.8, 4) is 17.2 Å². The molecule has 0 radical (unpaired) electrons. The summed E-state index contributed by atoms with van der Waals surface area (Å²) in [7, 11) is 6.16. The van der Waals surface area contributed by atoms with Crippen LogP contribution in [0.4, 0.5) is 5.69 Å². The van der Waals surface area contributed by atoms with E-state index in [1.54, 1.807) is 19.2 Å². The third-order valence-electron chi connectivity index (χ3n) is 5.47. The number of benzene rings is 2. The summed E-state index contributed by atoms with van der Waals surface area (Å²) < 4.78 is 26.6. The van der Waals surface area contributed by atoms with E-state index in [4.69, 9.17) is 23.7 Å². The average molecular weight is 428 g/mol. The van der Waals surface area contributed by atoms with Crippen molar-refractivity contribution < 1.29 is 33.3 Å². The second-order valence-corrected chi connectivity index (χ2v) is 7.28. The Balaban J connectivity index is 1.78. The lowest BCUT2D eigenvalue weighted by Gasteiger charge is -2.36. The van der Waals surface area contributed by atoms with Crippen molar-refractivity contribution in [1.29, 1.82) is 0 Å². The third kappa shape index (κ3) is 3.72. The van der Waals surface area contributed by atoms with Crippen molar-refractivity contribution >= 4 is 17.6 Å². The zero-order chi connectivity index (χ0) is 22.1. The molecule has 0 fully saturated rings. The average Bonchev–Trinajstić information content (AvgIpc) is 3.26. The lowest BCUT2D eigenvalue weighted by molar-refractivity contribution is 0.0599. The van der Waals surface area contributed by atoms with E-state index in [9.17, 15) is 9.59 Å². The molecule has 0 aromatic heterocycles. The first-order chi connectivity index (χ1) is 15.0. The molecule has 164 valence electrons. The zero-order valence-corrected chi connectivity index (χ0v) is 17.8. The number of hydrogen-bond donors (Lipinski definition) is 1. The molecule has 1 unspecified atom stereocenters. The van der Waals surface area contributed by atoms with Crippen molar-refractivity contribution in [2.45, 2.75) is 12.6 Å². The van der Waals surface area contributed by atoms with E-state index in [0.29, 0.717) is 22.9 Å². The smallest absolute Gasteiger partial charge is 0.337 e. The van der Waals surface area contributed by atoms with Crippen LogP contribution in [-0.2, 0) is 15.9 Å². The maximum Gasteiger partial charge on any atom is 0.337 e. The summed E-state index contributed by atoms with van der Waals surface area (Å²) in [6, 6.07) is 6.70. The Morgan fingerprint density at radius 3 is 2.32 bits per heavy atom. The molecule has 1 atom stereocenters. The van der Waals surface area contributed by atoms with Crippen LogP contribution < -0.4 is 19.5 Å². The fourth-order valence-corrected chi connectivity index (χ4v) is 3.96. The largest absolute Gasteiger partial charge is 0.492 e. The molecule has 0 saturated heterocycles. The van der Waals surface area contributed by atoms with E-state index in [2.05, 4.69) is 10.2 Å². The van der Waals surface area contributed by atoms with E-state index in [1.807, 2.05) is 13.1 Å². The van der Waals surface area contributed by atoms with Gasteiger partial charge in [-0.1, -0.05) is 0 Å². The van der Waals surface area contributed by atoms with Crippen LogP contribution in [0.5, 0.6) is 17.2 Å². The van der Waals surface area contributed by atoms with E-state index < -0.39 is 11.9 Å². The number of anilines is 1. The van der Waals surface area contributed by atoms with Crippen LogP contribution in [0.25, 0.3) is 0 Å². The highest BCUT2D eigenvalue weighted by Gasteiger charge is 2.34. The van der Waals surface area contributed by atoms with Gasteiger partial charge in [0.15, 0.2) is 11.5 Å². The molecule has 9 nitrogen and oxygen atoms in total. The standard InChI is InChI=1S/C22H24N2O7/c1-24-6-5-12-10-16-18(31-11-30-16)19(27-2)17(12)20(24)23-15-8-13(21(25)28-3)7-14(9-15)22(26)29-4/h7-10,20,23H,5-6,11H2,1-4H3. The molecule has 31 heavy (non-hydrogen) atoms. The number of methoxy groups -OCH3 is 3. The molecular weight excluding hydrogens is 404 g/mol. The van der Waals surface area contributed by atoms with Crippen molar-refractivity contribution in [3.05, 3.63) is 46.5 Å². The summed E-state index contributed by atoms with van der Waals surface area (Å²) >= 11 is 0. The first-order valence-corrected chi connectivity index (χ1v) is 9.74. The second kappa shape index (κ2) is 8.35. The fourth-order valence-electron chi connectivity index (χ4n) is 3.96. The Kier molecular flexibility index (Phi) is 5.60. The van der Waals surface area contributed by atoms with Gasteiger partial charge in [-0.3, -0.25) is 4.90 Å². The van der Waals surface area contributed by atoms with Crippen LogP contribution in [0, 0.1) is 0 Å². The van der Waals surface area contributed by atoms with Crippen LogP contribution in [0.2, 0.25) is 0 Å². The lowest BCUT2D eigenvalue weighted by atomic mass is 9.94. The Morgan fingerprint density at radius 2 is 1.71 bits per heavy atom. The van der Waals surface area contributed by atoms with Crippen molar-refractivity contribution in [1.82, 2.24) is 4.90 Å². The predicted molar refractivity (Wildman–Crippen MR) is 111 cm³/mol. The van der Waals surface area contributed by atoms with Crippen LogP contribution in [0.1, 0.15) is 38.0 Å². The molecular formula is C22H24N2O7. The number of esters is 2. The molecule has 0 amide bonds. The monoisotopic (exact) mass is 428 g/mol. The van der Waals surface area contributed by atoms with E-state index >= 15 is 0 Å². The lowest BCUT2D eigenvalue weighted by Crippen LogP contribution is -2.37. The van der Waals surface area contributed by atoms with Crippen molar-refractivity contribution in [3.63, 3.8) is 0 Å². The van der Waals surface area contributed by atoms with Crippen LogP contribution in [0.3, 0.4) is 0 Å². The van der Waals surface area contributed by atoms with Gasteiger partial charge in [0.25, 0.3) is 0 Å². The number of rotatable bonds is 5. The molecule has 1 N–H and O–H groups in total. The minimum Gasteiger partial charge on any atom is -0.492 e. The summed E-state index contributed by atoms with van der Waals surface area (Å²) in [4.78, 5) is 26.4. The molecule has 2 aromatic carbocycles. The maximum absolute atomic E-state index is 12.1. The van der Waals surface area contributed by atoms with Gasteiger partial charge in [-0.2, -0.15) is 0 Å². The minimum atomic E-state index is -0.549. The van der Waals surface area contributed by atoms with Crippen molar-refractivity contribution in [2.24, 2.45) is 0 Å². The zero-order valence-electron chi connectivity index (χ0n) is 17.8. The van der Waals surface area contributed by atoms with Gasteiger partial charge < -0.3 is 29.0 Å². The first-order valence-electron chi connectivity index (χ1n) is 9.74. The van der Waals surface area contributed by atoms with Crippen LogP contribution in [0.15, 0.2) is 24.3 Å². The van der Waals surface area contributed by atoms with E-state index in [1.165, 1.54) is 20.3 Å². The molecule has 2 aromatic rings. The number of likely N-dealkylation sites (N-methyl/N-ethyl adjacent to an activating group) is 1. The molecule has 4 rings (SSSR count). The Morgan fingerprint density at radius 1 is 1.03 bits per heavy atom. The molecule has 0 spiro atoms. The van der Waals surface area contributed by atoms with Crippen LogP contribution >= 0.6 is 0 Å². The molecule has 0 bridgehead atoms. The summed E-state index contributed by atoms with van der Waals surface area (Å²) in [6.45, 7) is 0.931. The number of fused-ring (bicyclic) bond motifs is 2. The highest BCUT2D eigenvalue weighted by molar-refractivity contribution is 5.97. The Bertz CT molecular complexity index is 1000. The van der Waals surface area contributed by atoms with Gasteiger partial charge in [0, 0.05) is 17.8 Å². The number of carbonyl (C=O) groups excluding carboxylic acids is 2. The topological polar surface area (TPSA) is 95.6 Å². The van der Waals surface area contributed by atoms with E-state index in [0.717, 1.165) is 24.1 Å². The number of hydrogen-bond acceptors (Lipinski definition) is 9. The van der Waals surface area contributed by atoms with Crippen molar-refractivity contribution in [2.75, 3.05) is 47.0 Å². The Labute approximate surface area is 179 Å². The number of carbonyl (C=O) groups is 2. The van der Waals surface area contributed by atoms with Gasteiger partial charge in [0.05, 0.1) is 32.5 Å². The predicted octanol–water partition coefficient (Wildman–Crippen LogP) is 2.60. The maximum atomic E-state index is 12.1. The van der Waals surface area contributed by atoms with Gasteiger partial charge in [-0.15, -0.1) is 0 Å². The van der Waals surface area contributed by atoms with Gasteiger partial charge >= 0.3 is 11.9 Å². The molecule has 0 aliphatic carbocycles. The van der Waals surface area contributed by atoms with Gasteiger partial charge in [0.2, 0.25) is 12.5 Å². The molecule has 2 heterocycles. The highest BCUT2D eigenvalue weighted by atomic mass is 16.7. The number of ether oxygens (including phenoxy) is 5. The minimum absolute atomic E-state index is 0.145. The van der Waals surface area contributed by atoms with Gasteiger partial charge in [-0.25, -0.2) is 9.59 Å². The first kappa shape index (κ1) is 20.8. The van der Waals surface area contributed by atoms with E-state index in [-0.39, 0.29) is 24.1 Å². The van der Waals surface area contributed by atoms with Crippen LogP contribution in [-0.4, -0.2) is 58.6 Å². The van der Waals surface area contributed by atoms with Gasteiger partial charge in [-0.05, 0) is 43.3 Å². The molecule has 9 heteroatoms. The number of nitrogens with one attached hydrogen (secondary N) is 1. The quantitative estimate of drug-likeness (QED) is 0.721. The molecule has 2 aliphatic heterocycles. The summed E-state index contributed by atoms with van der Waals surface area (Å²) in [6.07, 6.45) is 0.513. The summed E-state index contributed by atoms with van der Waals surface area (Å²) in [5.41, 5.74) is 3.04. The SMILES string of the molecule is COC(=O)c1cc(NC2c3c(cc4c(c3OC)OCO4)CCN2C)cc(C(=O)OC)c1.